The van der Waals surface area contributed by atoms with Crippen LogP contribution in [0.2, 0.25) is 0 Å². The summed E-state index contributed by atoms with van der Waals surface area (Å²) in [6.45, 7) is 5.87. The van der Waals surface area contributed by atoms with Gasteiger partial charge in [-0.1, -0.05) is 24.3 Å². The minimum absolute atomic E-state index is 0. The number of halogens is 1. The van der Waals surface area contributed by atoms with Gasteiger partial charge in [-0.3, -0.25) is 0 Å². The van der Waals surface area contributed by atoms with Gasteiger partial charge in [0.2, 0.25) is 0 Å². The van der Waals surface area contributed by atoms with Crippen LogP contribution in [0, 0.1) is 6.92 Å². The zero-order valence-electron chi connectivity index (χ0n) is 16.2. The largest absolute Gasteiger partial charge is 0.370 e. The molecule has 2 aromatic carbocycles. The minimum atomic E-state index is -3.63. The van der Waals surface area contributed by atoms with Gasteiger partial charge in [0.25, 0.3) is 10.0 Å². The molecule has 0 bridgehead atoms. The lowest BCUT2D eigenvalue weighted by molar-refractivity contribution is 0.360. The highest BCUT2D eigenvalue weighted by Crippen LogP contribution is 2.31. The first kappa shape index (κ1) is 20.7. The predicted octanol–water partition coefficient (Wildman–Crippen LogP) is 3.75. The van der Waals surface area contributed by atoms with Gasteiger partial charge >= 0.3 is 0 Å². The summed E-state index contributed by atoms with van der Waals surface area (Å²) in [4.78, 5) is 5.06. The lowest BCUT2D eigenvalue weighted by Crippen LogP contribution is -2.28. The van der Waals surface area contributed by atoms with Crippen LogP contribution in [-0.2, 0) is 10.0 Å². The van der Waals surface area contributed by atoms with E-state index in [0.29, 0.717) is 4.90 Å². The minimum Gasteiger partial charge on any atom is -0.370 e. The standard InChI is InChI=1S/C21H25N3O2S.ClH/c1-17-7-3-4-10-21(17)27(25,26)24-14-11-18-19(8-5-9-20(18)24)23-13-6-12-22(2)15-16-23;/h3-5,7-11,14H,6,12-13,15-16H2,1-2H3;1H. The number of anilines is 1. The van der Waals surface area contributed by atoms with Gasteiger partial charge in [-0.25, -0.2) is 12.4 Å². The first-order chi connectivity index (χ1) is 13.0. The van der Waals surface area contributed by atoms with E-state index in [4.69, 9.17) is 0 Å². The van der Waals surface area contributed by atoms with E-state index in [-0.39, 0.29) is 12.4 Å². The Bertz CT molecular complexity index is 1080. The zero-order chi connectivity index (χ0) is 19.0. The van der Waals surface area contributed by atoms with Crippen LogP contribution in [-0.4, -0.2) is 50.5 Å². The maximum Gasteiger partial charge on any atom is 0.268 e. The summed E-state index contributed by atoms with van der Waals surface area (Å²) in [6, 6.07) is 15.0. The van der Waals surface area contributed by atoms with E-state index < -0.39 is 10.0 Å². The molecule has 0 aliphatic carbocycles. The fraction of sp³-hybridized carbons (Fsp3) is 0.333. The van der Waals surface area contributed by atoms with Crippen molar-refractivity contribution in [3.63, 3.8) is 0 Å². The Morgan fingerprint density at radius 2 is 1.68 bits per heavy atom. The molecule has 1 aromatic heterocycles. The van der Waals surface area contributed by atoms with Crippen molar-refractivity contribution in [2.24, 2.45) is 0 Å². The van der Waals surface area contributed by atoms with Crippen LogP contribution >= 0.6 is 12.4 Å². The fourth-order valence-corrected chi connectivity index (χ4v) is 5.43. The van der Waals surface area contributed by atoms with Gasteiger partial charge in [0.05, 0.1) is 10.4 Å². The quantitative estimate of drug-likeness (QED) is 0.648. The molecule has 0 atom stereocenters. The average molecular weight is 420 g/mol. The molecule has 0 N–H and O–H groups in total. The number of fused-ring (bicyclic) bond motifs is 1. The number of benzene rings is 2. The Morgan fingerprint density at radius 3 is 2.46 bits per heavy atom. The van der Waals surface area contributed by atoms with Crippen molar-refractivity contribution in [2.75, 3.05) is 38.1 Å². The zero-order valence-corrected chi connectivity index (χ0v) is 17.8. The number of hydrogen-bond donors (Lipinski definition) is 0. The van der Waals surface area contributed by atoms with Crippen molar-refractivity contribution in [1.29, 1.82) is 0 Å². The Balaban J connectivity index is 0.00000225. The Labute approximate surface area is 173 Å². The Hall–Kier alpha value is -2.02. The third-order valence-electron chi connectivity index (χ3n) is 5.36. The molecule has 2 heterocycles. The summed E-state index contributed by atoms with van der Waals surface area (Å²) >= 11 is 0. The predicted molar refractivity (Wildman–Crippen MR) is 117 cm³/mol. The van der Waals surface area contributed by atoms with Gasteiger partial charge in [0.1, 0.15) is 0 Å². The van der Waals surface area contributed by atoms with E-state index in [1.165, 1.54) is 3.97 Å². The van der Waals surface area contributed by atoms with E-state index in [9.17, 15) is 8.42 Å². The van der Waals surface area contributed by atoms with Crippen LogP contribution in [0.3, 0.4) is 0 Å². The maximum atomic E-state index is 13.3. The van der Waals surface area contributed by atoms with E-state index in [1.807, 2.05) is 37.3 Å². The summed E-state index contributed by atoms with van der Waals surface area (Å²) < 4.78 is 27.9. The number of rotatable bonds is 3. The maximum absolute atomic E-state index is 13.3. The fourth-order valence-electron chi connectivity index (χ4n) is 3.85. The van der Waals surface area contributed by atoms with E-state index >= 15 is 0 Å². The van der Waals surface area contributed by atoms with Crippen molar-refractivity contribution >= 4 is 39.0 Å². The molecule has 7 heteroatoms. The molecule has 1 aliphatic rings. The molecule has 0 radical (unpaired) electrons. The van der Waals surface area contributed by atoms with Gasteiger partial charge in [0, 0.05) is 36.9 Å². The number of nitrogens with zero attached hydrogens (tertiary/aromatic N) is 3. The number of aryl methyl sites for hydroxylation is 1. The van der Waals surface area contributed by atoms with Crippen molar-refractivity contribution in [3.8, 4) is 0 Å². The molecule has 3 aromatic rings. The summed E-state index contributed by atoms with van der Waals surface area (Å²) in [5, 5.41) is 0.985. The molecule has 28 heavy (non-hydrogen) atoms. The van der Waals surface area contributed by atoms with Gasteiger partial charge < -0.3 is 9.80 Å². The van der Waals surface area contributed by atoms with Gasteiger partial charge in [0.15, 0.2) is 0 Å². The molecule has 0 spiro atoms. The molecule has 150 valence electrons. The first-order valence-electron chi connectivity index (χ1n) is 9.33. The highest BCUT2D eigenvalue weighted by atomic mass is 35.5. The molecule has 1 saturated heterocycles. The van der Waals surface area contributed by atoms with E-state index in [2.05, 4.69) is 22.9 Å². The molecule has 0 amide bonds. The molecule has 0 saturated carbocycles. The van der Waals surface area contributed by atoms with Gasteiger partial charge in [-0.15, -0.1) is 12.4 Å². The molecule has 5 nitrogen and oxygen atoms in total. The highest BCUT2D eigenvalue weighted by Gasteiger charge is 2.22. The van der Waals surface area contributed by atoms with Crippen LogP contribution < -0.4 is 4.90 Å². The highest BCUT2D eigenvalue weighted by molar-refractivity contribution is 7.90. The van der Waals surface area contributed by atoms with Crippen LogP contribution in [0.1, 0.15) is 12.0 Å². The second-order valence-electron chi connectivity index (χ2n) is 7.24. The summed E-state index contributed by atoms with van der Waals surface area (Å²) in [7, 11) is -1.48. The number of hydrogen-bond acceptors (Lipinski definition) is 4. The molecule has 4 rings (SSSR count). The average Bonchev–Trinajstić information content (AvgIpc) is 2.98. The summed E-state index contributed by atoms with van der Waals surface area (Å²) in [6.07, 6.45) is 2.79. The van der Waals surface area contributed by atoms with Crippen molar-refractivity contribution in [3.05, 3.63) is 60.3 Å². The summed E-state index contributed by atoms with van der Waals surface area (Å²) in [5.41, 5.74) is 2.60. The second kappa shape index (κ2) is 8.15. The monoisotopic (exact) mass is 419 g/mol. The Morgan fingerprint density at radius 1 is 0.893 bits per heavy atom. The van der Waals surface area contributed by atoms with E-state index in [1.54, 1.807) is 18.3 Å². The molecule has 1 aliphatic heterocycles. The molecular weight excluding hydrogens is 394 g/mol. The normalized spacial score (nSPS) is 16.0. The van der Waals surface area contributed by atoms with Crippen molar-refractivity contribution in [2.45, 2.75) is 18.2 Å². The molecule has 1 fully saturated rings. The number of aromatic nitrogens is 1. The smallest absolute Gasteiger partial charge is 0.268 e. The van der Waals surface area contributed by atoms with Crippen molar-refractivity contribution < 1.29 is 8.42 Å². The van der Waals surface area contributed by atoms with Gasteiger partial charge in [-0.05, 0) is 56.8 Å². The van der Waals surface area contributed by atoms with Crippen LogP contribution in [0.15, 0.2) is 59.6 Å². The van der Waals surface area contributed by atoms with E-state index in [0.717, 1.165) is 54.8 Å². The second-order valence-corrected chi connectivity index (χ2v) is 9.02. The topological polar surface area (TPSA) is 45.6 Å². The van der Waals surface area contributed by atoms with Crippen LogP contribution in [0.4, 0.5) is 5.69 Å². The van der Waals surface area contributed by atoms with Gasteiger partial charge in [-0.2, -0.15) is 0 Å². The molecular formula is C21H26ClN3O2S. The summed E-state index contributed by atoms with van der Waals surface area (Å²) in [5.74, 6) is 0. The molecule has 0 unspecified atom stereocenters. The third-order valence-corrected chi connectivity index (χ3v) is 7.21. The third kappa shape index (κ3) is 3.64. The van der Waals surface area contributed by atoms with Crippen molar-refractivity contribution in [1.82, 2.24) is 8.87 Å². The SMILES string of the molecule is Cc1ccccc1S(=O)(=O)n1ccc2c(N3CCCN(C)CC3)cccc21.Cl. The lowest BCUT2D eigenvalue weighted by atomic mass is 10.2. The number of likely N-dealkylation sites (N-methyl/N-ethyl adjacent to an activating group) is 1. The van der Waals surface area contributed by atoms with Crippen LogP contribution in [0.5, 0.6) is 0 Å². The Kier molecular flexibility index (Phi) is 6.03. The first-order valence-corrected chi connectivity index (χ1v) is 10.8. The lowest BCUT2D eigenvalue weighted by Gasteiger charge is -2.24. The van der Waals surface area contributed by atoms with Crippen LogP contribution in [0.25, 0.3) is 10.9 Å².